The third-order valence-electron chi connectivity index (χ3n) is 2.47. The standard InChI is InChI=1S/C13H11FN2O2/c1-8-4-5-9(7-11(8)17)16-13(18)10-3-2-6-15-12(10)14/h2-7,17H,1H3,(H,16,18). The largest absolute Gasteiger partial charge is 0.508 e. The smallest absolute Gasteiger partial charge is 0.260 e. The molecule has 1 amide bonds. The summed E-state index contributed by atoms with van der Waals surface area (Å²) in [5.74, 6) is -1.37. The SMILES string of the molecule is Cc1ccc(NC(=O)c2cccnc2F)cc1O. The van der Waals surface area contributed by atoms with Gasteiger partial charge in [0.1, 0.15) is 5.75 Å². The maximum absolute atomic E-state index is 13.3. The number of nitrogens with one attached hydrogen (secondary N) is 1. The average Bonchev–Trinajstić information content (AvgIpc) is 2.34. The molecule has 1 aromatic heterocycles. The van der Waals surface area contributed by atoms with Gasteiger partial charge < -0.3 is 10.4 Å². The Morgan fingerprint density at radius 3 is 2.83 bits per heavy atom. The number of hydrogen-bond acceptors (Lipinski definition) is 3. The Balaban J connectivity index is 2.22. The molecule has 0 saturated carbocycles. The van der Waals surface area contributed by atoms with Crippen molar-refractivity contribution >= 4 is 11.6 Å². The van der Waals surface area contributed by atoms with Crippen molar-refractivity contribution in [2.24, 2.45) is 0 Å². The summed E-state index contributed by atoms with van der Waals surface area (Å²) in [6.45, 7) is 1.74. The third-order valence-corrected chi connectivity index (χ3v) is 2.47. The van der Waals surface area contributed by atoms with Crippen molar-refractivity contribution < 1.29 is 14.3 Å². The fourth-order valence-corrected chi connectivity index (χ4v) is 1.44. The minimum Gasteiger partial charge on any atom is -0.508 e. The molecule has 0 aliphatic rings. The Labute approximate surface area is 103 Å². The number of hydrogen-bond donors (Lipinski definition) is 2. The number of phenolic OH excluding ortho intramolecular Hbond substituents is 1. The summed E-state index contributed by atoms with van der Waals surface area (Å²) >= 11 is 0. The minimum absolute atomic E-state index is 0.0689. The lowest BCUT2D eigenvalue weighted by molar-refractivity contribution is 0.102. The second-order valence-corrected chi connectivity index (χ2v) is 3.80. The first-order valence-electron chi connectivity index (χ1n) is 5.29. The number of aromatic hydroxyl groups is 1. The maximum atomic E-state index is 13.3. The monoisotopic (exact) mass is 246 g/mol. The predicted octanol–water partition coefficient (Wildman–Crippen LogP) is 2.49. The minimum atomic E-state index is -0.827. The van der Waals surface area contributed by atoms with Crippen LogP contribution in [0, 0.1) is 12.9 Å². The Morgan fingerprint density at radius 1 is 1.39 bits per heavy atom. The zero-order chi connectivity index (χ0) is 13.1. The van der Waals surface area contributed by atoms with E-state index >= 15 is 0 Å². The number of anilines is 1. The molecule has 0 saturated heterocycles. The van der Waals surface area contributed by atoms with Gasteiger partial charge in [0, 0.05) is 18.0 Å². The molecule has 2 rings (SSSR count). The van der Waals surface area contributed by atoms with Crippen molar-refractivity contribution in [3.05, 3.63) is 53.6 Å². The molecular weight excluding hydrogens is 235 g/mol. The Kier molecular flexibility index (Phi) is 3.23. The number of aromatic nitrogens is 1. The highest BCUT2D eigenvalue weighted by atomic mass is 19.1. The van der Waals surface area contributed by atoms with E-state index in [1.165, 1.54) is 24.4 Å². The molecule has 5 heteroatoms. The fourth-order valence-electron chi connectivity index (χ4n) is 1.44. The van der Waals surface area contributed by atoms with Crippen molar-refractivity contribution in [1.29, 1.82) is 0 Å². The van der Waals surface area contributed by atoms with Crippen LogP contribution in [0.25, 0.3) is 0 Å². The fraction of sp³-hybridized carbons (Fsp3) is 0.0769. The molecule has 0 unspecified atom stereocenters. The summed E-state index contributed by atoms with van der Waals surface area (Å²) in [7, 11) is 0. The predicted molar refractivity (Wildman–Crippen MR) is 65.0 cm³/mol. The number of carbonyl (C=O) groups excluding carboxylic acids is 1. The zero-order valence-electron chi connectivity index (χ0n) is 9.64. The van der Waals surface area contributed by atoms with Crippen molar-refractivity contribution in [2.75, 3.05) is 5.32 Å². The van der Waals surface area contributed by atoms with Crippen LogP contribution in [0.2, 0.25) is 0 Å². The molecule has 0 atom stereocenters. The Hall–Kier alpha value is -2.43. The molecule has 0 fully saturated rings. The van der Waals surface area contributed by atoms with Crippen LogP contribution in [0.3, 0.4) is 0 Å². The first-order chi connectivity index (χ1) is 8.58. The van der Waals surface area contributed by atoms with Gasteiger partial charge in [0.15, 0.2) is 0 Å². The van der Waals surface area contributed by atoms with Crippen molar-refractivity contribution in [3.63, 3.8) is 0 Å². The molecule has 0 spiro atoms. The lowest BCUT2D eigenvalue weighted by Gasteiger charge is -2.07. The normalized spacial score (nSPS) is 10.1. The van der Waals surface area contributed by atoms with Crippen LogP contribution in [0.4, 0.5) is 10.1 Å². The number of aryl methyl sites for hydroxylation is 1. The average molecular weight is 246 g/mol. The van der Waals surface area contributed by atoms with Gasteiger partial charge in [-0.15, -0.1) is 0 Å². The van der Waals surface area contributed by atoms with E-state index in [0.29, 0.717) is 11.3 Å². The molecule has 2 aromatic rings. The van der Waals surface area contributed by atoms with Crippen molar-refractivity contribution in [2.45, 2.75) is 6.92 Å². The number of carbonyl (C=O) groups is 1. The van der Waals surface area contributed by atoms with E-state index in [9.17, 15) is 14.3 Å². The van der Waals surface area contributed by atoms with Crippen LogP contribution in [-0.2, 0) is 0 Å². The molecule has 4 nitrogen and oxygen atoms in total. The summed E-state index contributed by atoms with van der Waals surface area (Å²) in [5.41, 5.74) is 0.949. The maximum Gasteiger partial charge on any atom is 0.260 e. The number of amides is 1. The number of phenols is 1. The zero-order valence-corrected chi connectivity index (χ0v) is 9.64. The van der Waals surface area contributed by atoms with E-state index in [1.54, 1.807) is 19.1 Å². The number of pyridine rings is 1. The molecule has 0 aliphatic heterocycles. The van der Waals surface area contributed by atoms with E-state index in [2.05, 4.69) is 10.3 Å². The van der Waals surface area contributed by atoms with Crippen LogP contribution in [0.1, 0.15) is 15.9 Å². The molecule has 92 valence electrons. The van der Waals surface area contributed by atoms with Crippen LogP contribution < -0.4 is 5.32 Å². The van der Waals surface area contributed by atoms with Gasteiger partial charge in [0.05, 0.1) is 5.56 Å². The van der Waals surface area contributed by atoms with Crippen LogP contribution in [0.15, 0.2) is 36.5 Å². The number of halogens is 1. The molecule has 0 bridgehead atoms. The number of benzene rings is 1. The second-order valence-electron chi connectivity index (χ2n) is 3.80. The third kappa shape index (κ3) is 2.45. The highest BCUT2D eigenvalue weighted by Crippen LogP contribution is 2.21. The van der Waals surface area contributed by atoms with Gasteiger partial charge in [0.25, 0.3) is 5.91 Å². The molecule has 0 radical (unpaired) electrons. The summed E-state index contributed by atoms with van der Waals surface area (Å²) < 4.78 is 13.3. The quantitative estimate of drug-likeness (QED) is 0.800. The molecule has 18 heavy (non-hydrogen) atoms. The molecule has 2 N–H and O–H groups in total. The highest BCUT2D eigenvalue weighted by molar-refractivity contribution is 6.04. The molecular formula is C13H11FN2O2. The molecule has 0 aliphatic carbocycles. The summed E-state index contributed by atoms with van der Waals surface area (Å²) in [6.07, 6.45) is 1.27. The first kappa shape index (κ1) is 12.0. The van der Waals surface area contributed by atoms with Crippen LogP contribution in [-0.4, -0.2) is 16.0 Å². The molecule has 1 heterocycles. The highest BCUT2D eigenvalue weighted by Gasteiger charge is 2.12. The van der Waals surface area contributed by atoms with Gasteiger partial charge in [-0.25, -0.2) is 4.98 Å². The van der Waals surface area contributed by atoms with E-state index < -0.39 is 11.9 Å². The topological polar surface area (TPSA) is 62.2 Å². The molecule has 1 aromatic carbocycles. The Morgan fingerprint density at radius 2 is 2.17 bits per heavy atom. The van der Waals surface area contributed by atoms with E-state index in [-0.39, 0.29) is 11.3 Å². The second kappa shape index (κ2) is 4.83. The van der Waals surface area contributed by atoms with Crippen molar-refractivity contribution in [1.82, 2.24) is 4.98 Å². The van der Waals surface area contributed by atoms with Gasteiger partial charge in [0.2, 0.25) is 5.95 Å². The van der Waals surface area contributed by atoms with Crippen LogP contribution in [0.5, 0.6) is 5.75 Å². The van der Waals surface area contributed by atoms with Gasteiger partial charge in [-0.2, -0.15) is 4.39 Å². The lowest BCUT2D eigenvalue weighted by Crippen LogP contribution is -2.14. The number of rotatable bonds is 2. The van der Waals surface area contributed by atoms with Gasteiger partial charge in [-0.1, -0.05) is 6.07 Å². The summed E-state index contributed by atoms with van der Waals surface area (Å²) in [5, 5.41) is 12.0. The summed E-state index contributed by atoms with van der Waals surface area (Å²) in [6, 6.07) is 7.50. The van der Waals surface area contributed by atoms with Crippen molar-refractivity contribution in [3.8, 4) is 5.75 Å². The van der Waals surface area contributed by atoms with E-state index in [0.717, 1.165) is 0 Å². The lowest BCUT2D eigenvalue weighted by atomic mass is 10.2. The van der Waals surface area contributed by atoms with Gasteiger partial charge in [-0.05, 0) is 30.7 Å². The van der Waals surface area contributed by atoms with Crippen LogP contribution >= 0.6 is 0 Å². The van der Waals surface area contributed by atoms with Gasteiger partial charge >= 0.3 is 0 Å². The summed E-state index contributed by atoms with van der Waals surface area (Å²) in [4.78, 5) is 15.2. The Bertz CT molecular complexity index is 599. The first-order valence-corrected chi connectivity index (χ1v) is 5.29. The van der Waals surface area contributed by atoms with E-state index in [4.69, 9.17) is 0 Å². The number of nitrogens with zero attached hydrogens (tertiary/aromatic N) is 1. The van der Waals surface area contributed by atoms with E-state index in [1.807, 2.05) is 0 Å². The van der Waals surface area contributed by atoms with Gasteiger partial charge in [-0.3, -0.25) is 4.79 Å².